The lowest BCUT2D eigenvalue weighted by atomic mass is 10.1. The molecule has 5 nitrogen and oxygen atoms in total. The highest BCUT2D eigenvalue weighted by Crippen LogP contribution is 2.57. The largest absolute Gasteiger partial charge is 0.405 e. The number of hydrogen-bond acceptors (Lipinski definition) is 4. The number of anilines is 2. The molecule has 12 heteroatoms. The standard InChI is InChI=1S/C23H14F7N5/c24-14-1-2-18-17(10-14)20(32-21-33-31-12-35(18)21)34(11-19(26)27)16-8-13(7-15(25)9-16)3-4-22(5-6-22)23(28,29)30/h1-2,7-10,12,19H,5-6,11H2. The average molecular weight is 493 g/mol. The van der Waals surface area contributed by atoms with E-state index in [4.69, 9.17) is 0 Å². The van der Waals surface area contributed by atoms with Crippen LogP contribution in [-0.2, 0) is 0 Å². The molecule has 0 bridgehead atoms. The Morgan fingerprint density at radius 1 is 1.06 bits per heavy atom. The zero-order valence-corrected chi connectivity index (χ0v) is 17.6. The Hall–Kier alpha value is -3.88. The Balaban J connectivity index is 1.67. The molecule has 1 fully saturated rings. The monoisotopic (exact) mass is 493 g/mol. The molecule has 0 radical (unpaired) electrons. The molecule has 1 aliphatic rings. The molecule has 2 heterocycles. The molecule has 1 aliphatic carbocycles. The van der Waals surface area contributed by atoms with E-state index >= 15 is 0 Å². The Morgan fingerprint density at radius 2 is 1.83 bits per heavy atom. The fourth-order valence-electron chi connectivity index (χ4n) is 3.78. The fourth-order valence-corrected chi connectivity index (χ4v) is 3.78. The molecule has 0 amide bonds. The maximum atomic E-state index is 14.5. The molecule has 0 spiro atoms. The molecule has 0 N–H and O–H groups in total. The molecule has 4 aromatic rings. The van der Waals surface area contributed by atoms with Gasteiger partial charge in [-0.25, -0.2) is 17.6 Å². The van der Waals surface area contributed by atoms with Crippen molar-refractivity contribution in [3.05, 3.63) is 59.9 Å². The highest BCUT2D eigenvalue weighted by atomic mass is 19.4. The number of fused-ring (bicyclic) bond motifs is 3. The number of aromatic nitrogens is 4. The summed E-state index contributed by atoms with van der Waals surface area (Å²) in [6, 6.07) is 6.65. The quantitative estimate of drug-likeness (QED) is 0.272. The van der Waals surface area contributed by atoms with E-state index in [-0.39, 0.29) is 41.1 Å². The van der Waals surface area contributed by atoms with Crippen LogP contribution in [0.5, 0.6) is 0 Å². The summed E-state index contributed by atoms with van der Waals surface area (Å²) in [7, 11) is 0. The maximum Gasteiger partial charge on any atom is 0.405 e. The smallest absolute Gasteiger partial charge is 0.320 e. The zero-order chi connectivity index (χ0) is 25.0. The van der Waals surface area contributed by atoms with Gasteiger partial charge < -0.3 is 4.90 Å². The second-order valence-electron chi connectivity index (χ2n) is 8.13. The third-order valence-corrected chi connectivity index (χ3v) is 5.70. The van der Waals surface area contributed by atoms with Gasteiger partial charge in [-0.1, -0.05) is 11.8 Å². The molecule has 0 saturated heterocycles. The first-order chi connectivity index (χ1) is 16.6. The predicted octanol–water partition coefficient (Wildman–Crippen LogP) is 5.65. The number of halogens is 7. The summed E-state index contributed by atoms with van der Waals surface area (Å²) in [4.78, 5) is 5.18. The van der Waals surface area contributed by atoms with Crippen molar-refractivity contribution >= 4 is 28.2 Å². The van der Waals surface area contributed by atoms with Crippen LogP contribution in [0.25, 0.3) is 16.7 Å². The average Bonchev–Trinajstić information content (AvgIpc) is 3.45. The molecule has 0 atom stereocenters. The van der Waals surface area contributed by atoms with Gasteiger partial charge >= 0.3 is 6.18 Å². The lowest BCUT2D eigenvalue weighted by Gasteiger charge is -2.25. The van der Waals surface area contributed by atoms with E-state index in [0.29, 0.717) is 5.52 Å². The highest BCUT2D eigenvalue weighted by molar-refractivity contribution is 5.93. The highest BCUT2D eigenvalue weighted by Gasteiger charge is 2.62. The topological polar surface area (TPSA) is 46.3 Å². The Labute approximate surface area is 193 Å². The molecular weight excluding hydrogens is 479 g/mol. The van der Waals surface area contributed by atoms with Gasteiger partial charge in [0.2, 0.25) is 0 Å². The van der Waals surface area contributed by atoms with Crippen LogP contribution in [0.15, 0.2) is 42.7 Å². The van der Waals surface area contributed by atoms with Crippen molar-refractivity contribution in [1.29, 1.82) is 0 Å². The van der Waals surface area contributed by atoms with E-state index in [2.05, 4.69) is 27.0 Å². The lowest BCUT2D eigenvalue weighted by molar-refractivity contribution is -0.168. The number of benzene rings is 2. The Bertz CT molecular complexity index is 1500. The van der Waals surface area contributed by atoms with E-state index in [1.807, 2.05) is 0 Å². The van der Waals surface area contributed by atoms with E-state index in [1.54, 1.807) is 0 Å². The van der Waals surface area contributed by atoms with Gasteiger partial charge in [0, 0.05) is 16.6 Å². The Morgan fingerprint density at radius 3 is 2.51 bits per heavy atom. The van der Waals surface area contributed by atoms with Crippen LogP contribution in [0.4, 0.5) is 42.2 Å². The van der Waals surface area contributed by atoms with Gasteiger partial charge in [-0.05, 0) is 49.2 Å². The summed E-state index contributed by atoms with van der Waals surface area (Å²) in [5, 5.41) is 7.66. The first-order valence-electron chi connectivity index (χ1n) is 10.3. The number of rotatable bonds is 4. The van der Waals surface area contributed by atoms with Gasteiger partial charge in [-0.2, -0.15) is 18.2 Å². The third kappa shape index (κ3) is 4.22. The first kappa shape index (κ1) is 22.9. The van der Waals surface area contributed by atoms with E-state index in [9.17, 15) is 30.7 Å². The predicted molar refractivity (Wildman–Crippen MR) is 112 cm³/mol. The van der Waals surface area contributed by atoms with Crippen molar-refractivity contribution in [2.24, 2.45) is 5.41 Å². The molecule has 35 heavy (non-hydrogen) atoms. The van der Waals surface area contributed by atoms with Gasteiger partial charge in [0.05, 0.1) is 12.1 Å². The second-order valence-corrected chi connectivity index (χ2v) is 8.13. The molecular formula is C23H14F7N5. The van der Waals surface area contributed by atoms with Crippen LogP contribution in [0.3, 0.4) is 0 Å². The fraction of sp³-hybridized carbons (Fsp3) is 0.261. The molecule has 0 aliphatic heterocycles. The van der Waals surface area contributed by atoms with Crippen LogP contribution < -0.4 is 4.90 Å². The third-order valence-electron chi connectivity index (χ3n) is 5.70. The second kappa shape index (κ2) is 8.11. The molecule has 0 unspecified atom stereocenters. The maximum absolute atomic E-state index is 14.5. The number of alkyl halides is 5. The zero-order valence-electron chi connectivity index (χ0n) is 17.6. The van der Waals surface area contributed by atoms with Crippen LogP contribution in [0, 0.1) is 28.9 Å². The van der Waals surface area contributed by atoms with E-state index in [1.165, 1.54) is 22.9 Å². The molecule has 1 saturated carbocycles. The molecule has 2 aromatic heterocycles. The summed E-state index contributed by atoms with van der Waals surface area (Å²) < 4.78 is 96.9. The summed E-state index contributed by atoms with van der Waals surface area (Å²) >= 11 is 0. The number of hydrogen-bond donors (Lipinski definition) is 0. The minimum Gasteiger partial charge on any atom is -0.320 e. The van der Waals surface area contributed by atoms with Crippen LogP contribution >= 0.6 is 0 Å². The molecule has 2 aromatic carbocycles. The van der Waals surface area contributed by atoms with Crippen molar-refractivity contribution in [2.45, 2.75) is 25.4 Å². The minimum absolute atomic E-state index is 0.0237. The first-order valence-corrected chi connectivity index (χ1v) is 10.3. The van der Waals surface area contributed by atoms with Gasteiger partial charge in [-0.15, -0.1) is 10.2 Å². The summed E-state index contributed by atoms with van der Waals surface area (Å²) in [5.41, 5.74) is -2.06. The van der Waals surface area contributed by atoms with E-state index in [0.717, 1.165) is 29.2 Å². The minimum atomic E-state index is -4.53. The van der Waals surface area contributed by atoms with Crippen molar-refractivity contribution in [2.75, 3.05) is 11.4 Å². The molecule has 5 rings (SSSR count). The summed E-state index contributed by atoms with van der Waals surface area (Å²) in [6.07, 6.45) is -6.47. The van der Waals surface area contributed by atoms with Gasteiger partial charge in [0.1, 0.15) is 29.2 Å². The van der Waals surface area contributed by atoms with E-state index < -0.39 is 36.2 Å². The SMILES string of the molecule is Fc1cc(C#CC2(C(F)(F)F)CC2)cc(N(CC(F)F)c2nc3nncn3c3ccc(F)cc23)c1. The van der Waals surface area contributed by atoms with Crippen molar-refractivity contribution < 1.29 is 30.7 Å². The van der Waals surface area contributed by atoms with Crippen LogP contribution in [-0.4, -0.2) is 38.7 Å². The summed E-state index contributed by atoms with van der Waals surface area (Å²) in [6.45, 7) is -0.967. The van der Waals surface area contributed by atoms with Gasteiger partial charge in [0.15, 0.2) is 0 Å². The van der Waals surface area contributed by atoms with Gasteiger partial charge in [-0.3, -0.25) is 4.40 Å². The van der Waals surface area contributed by atoms with Crippen molar-refractivity contribution in [1.82, 2.24) is 19.6 Å². The van der Waals surface area contributed by atoms with Crippen molar-refractivity contribution in [3.63, 3.8) is 0 Å². The normalized spacial score (nSPS) is 14.9. The van der Waals surface area contributed by atoms with Crippen molar-refractivity contribution in [3.8, 4) is 11.8 Å². The Kier molecular flexibility index (Phi) is 5.30. The number of nitrogens with zero attached hydrogens (tertiary/aromatic N) is 5. The van der Waals surface area contributed by atoms with Crippen LogP contribution in [0.1, 0.15) is 18.4 Å². The van der Waals surface area contributed by atoms with Gasteiger partial charge in [0.25, 0.3) is 12.2 Å². The lowest BCUT2D eigenvalue weighted by Crippen LogP contribution is -2.25. The summed E-state index contributed by atoms with van der Waals surface area (Å²) in [5.74, 6) is 2.80. The van der Waals surface area contributed by atoms with Crippen LogP contribution in [0.2, 0.25) is 0 Å². The molecule has 180 valence electrons.